The molecule has 1 aromatic heterocycles. The van der Waals surface area contributed by atoms with Gasteiger partial charge in [-0.05, 0) is 24.6 Å². The minimum absolute atomic E-state index is 0.0881. The third-order valence-corrected chi connectivity index (χ3v) is 3.25. The lowest BCUT2D eigenvalue weighted by molar-refractivity contribution is 0.280. The minimum Gasteiger partial charge on any atom is -0.459 e. The Hall–Kier alpha value is -2.95. The van der Waals surface area contributed by atoms with Crippen LogP contribution in [-0.2, 0) is 6.61 Å². The fourth-order valence-corrected chi connectivity index (χ4v) is 2.00. The van der Waals surface area contributed by atoms with Crippen molar-refractivity contribution in [1.82, 2.24) is 9.97 Å². The molecule has 3 aromatic rings. The van der Waals surface area contributed by atoms with Gasteiger partial charge in [0.05, 0.1) is 6.20 Å². The van der Waals surface area contributed by atoms with Gasteiger partial charge in [-0.1, -0.05) is 48.0 Å². The van der Waals surface area contributed by atoms with Crippen LogP contribution in [0.5, 0.6) is 6.01 Å². The highest BCUT2D eigenvalue weighted by molar-refractivity contribution is 5.56. The van der Waals surface area contributed by atoms with Gasteiger partial charge in [0.2, 0.25) is 0 Å². The topological polar surface area (TPSA) is 47.0 Å². The maximum Gasteiger partial charge on any atom is 0.318 e. The van der Waals surface area contributed by atoms with Gasteiger partial charge in [-0.3, -0.25) is 0 Å². The van der Waals surface area contributed by atoms with Gasteiger partial charge in [0.25, 0.3) is 0 Å². The minimum atomic E-state index is -0.531. The average Bonchev–Trinajstić information content (AvgIpc) is 2.58. The third kappa shape index (κ3) is 4.03. The van der Waals surface area contributed by atoms with E-state index in [1.165, 1.54) is 5.56 Å². The Morgan fingerprint density at radius 2 is 1.78 bits per heavy atom. The number of ether oxygens (including phenoxy) is 1. The largest absolute Gasteiger partial charge is 0.459 e. The first kappa shape index (κ1) is 15.0. The fraction of sp³-hybridized carbons (Fsp3) is 0.111. The van der Waals surface area contributed by atoms with Gasteiger partial charge >= 0.3 is 6.01 Å². The molecule has 0 saturated heterocycles. The summed E-state index contributed by atoms with van der Waals surface area (Å²) in [4.78, 5) is 7.95. The summed E-state index contributed by atoms with van der Waals surface area (Å²) in [6.45, 7) is 2.35. The van der Waals surface area contributed by atoms with E-state index in [1.54, 1.807) is 0 Å². The van der Waals surface area contributed by atoms with Crippen molar-refractivity contribution in [2.24, 2.45) is 0 Å². The Morgan fingerprint density at radius 1 is 1.04 bits per heavy atom. The van der Waals surface area contributed by atoms with Crippen molar-refractivity contribution in [2.45, 2.75) is 13.5 Å². The van der Waals surface area contributed by atoms with Gasteiger partial charge in [0.1, 0.15) is 6.61 Å². The van der Waals surface area contributed by atoms with E-state index in [1.807, 2.05) is 61.5 Å². The molecule has 3 rings (SSSR count). The summed E-state index contributed by atoms with van der Waals surface area (Å²) in [6, 6.07) is 17.3. The number of hydrogen-bond donors (Lipinski definition) is 1. The first-order valence-electron chi connectivity index (χ1n) is 7.24. The first-order chi connectivity index (χ1) is 11.2. The number of benzene rings is 2. The molecule has 0 unspecified atom stereocenters. The van der Waals surface area contributed by atoms with Crippen LogP contribution < -0.4 is 10.1 Å². The van der Waals surface area contributed by atoms with Crippen molar-refractivity contribution >= 4 is 11.5 Å². The van der Waals surface area contributed by atoms with Crippen LogP contribution in [-0.4, -0.2) is 9.97 Å². The van der Waals surface area contributed by atoms with Gasteiger partial charge in [-0.2, -0.15) is 4.98 Å². The Balaban J connectivity index is 1.71. The molecular formula is C18H16FN3O. The smallest absolute Gasteiger partial charge is 0.318 e. The average molecular weight is 309 g/mol. The predicted octanol–water partition coefficient (Wildman–Crippen LogP) is 4.25. The monoisotopic (exact) mass is 309 g/mol. The molecule has 23 heavy (non-hydrogen) atoms. The van der Waals surface area contributed by atoms with Crippen LogP contribution in [0.15, 0.2) is 60.8 Å². The molecule has 0 aliphatic rings. The Labute approximate surface area is 134 Å². The summed E-state index contributed by atoms with van der Waals surface area (Å²) < 4.78 is 19.4. The molecule has 1 N–H and O–H groups in total. The van der Waals surface area contributed by atoms with Crippen LogP contribution in [0.3, 0.4) is 0 Å². The van der Waals surface area contributed by atoms with Crippen molar-refractivity contribution in [3.8, 4) is 6.01 Å². The summed E-state index contributed by atoms with van der Waals surface area (Å²) in [5.74, 6) is -0.443. The maximum atomic E-state index is 13.8. The first-order valence-corrected chi connectivity index (χ1v) is 7.24. The molecule has 0 radical (unpaired) electrons. The molecule has 0 bridgehead atoms. The SMILES string of the molecule is Cc1ccc(COc2ncc(F)c(Nc3ccccc3)n2)cc1. The molecule has 0 atom stereocenters. The third-order valence-electron chi connectivity index (χ3n) is 3.25. The molecule has 116 valence electrons. The zero-order valence-electron chi connectivity index (χ0n) is 12.7. The Morgan fingerprint density at radius 3 is 2.52 bits per heavy atom. The second kappa shape index (κ2) is 6.87. The number of hydrogen-bond acceptors (Lipinski definition) is 4. The van der Waals surface area contributed by atoms with Crippen LogP contribution in [0.4, 0.5) is 15.9 Å². The second-order valence-corrected chi connectivity index (χ2v) is 5.11. The zero-order chi connectivity index (χ0) is 16.1. The van der Waals surface area contributed by atoms with Crippen molar-refractivity contribution in [1.29, 1.82) is 0 Å². The van der Waals surface area contributed by atoms with Gasteiger partial charge in [-0.25, -0.2) is 9.37 Å². The quantitative estimate of drug-likeness (QED) is 0.765. The number of anilines is 2. The molecule has 0 aliphatic carbocycles. The number of nitrogens with one attached hydrogen (secondary N) is 1. The van der Waals surface area contributed by atoms with E-state index < -0.39 is 5.82 Å². The lowest BCUT2D eigenvalue weighted by Crippen LogP contribution is -2.03. The standard InChI is InChI=1S/C18H16FN3O/c1-13-7-9-14(10-8-13)12-23-18-20-11-16(19)17(22-18)21-15-5-3-2-4-6-15/h2-11H,12H2,1H3,(H,20,21,22). The van der Waals surface area contributed by atoms with E-state index in [2.05, 4.69) is 15.3 Å². The number of halogens is 1. The maximum absolute atomic E-state index is 13.8. The highest BCUT2D eigenvalue weighted by Gasteiger charge is 2.08. The fourth-order valence-electron chi connectivity index (χ4n) is 2.00. The molecular weight excluding hydrogens is 293 g/mol. The molecule has 1 heterocycles. The number of nitrogens with zero attached hydrogens (tertiary/aromatic N) is 2. The summed E-state index contributed by atoms with van der Waals surface area (Å²) in [6.07, 6.45) is 1.10. The van der Waals surface area contributed by atoms with Gasteiger partial charge < -0.3 is 10.1 Å². The molecule has 0 amide bonds. The van der Waals surface area contributed by atoms with Gasteiger partial charge in [0, 0.05) is 5.69 Å². The highest BCUT2D eigenvalue weighted by Crippen LogP contribution is 2.19. The number of aromatic nitrogens is 2. The van der Waals surface area contributed by atoms with Crippen molar-refractivity contribution in [3.05, 3.63) is 77.7 Å². The summed E-state index contributed by atoms with van der Waals surface area (Å²) in [5.41, 5.74) is 2.93. The molecule has 0 fully saturated rings. The molecule has 0 saturated carbocycles. The Bertz CT molecular complexity index is 776. The molecule has 4 nitrogen and oxygen atoms in total. The van der Waals surface area contributed by atoms with Crippen molar-refractivity contribution < 1.29 is 9.13 Å². The van der Waals surface area contributed by atoms with Crippen molar-refractivity contribution in [3.63, 3.8) is 0 Å². The summed E-state index contributed by atoms with van der Waals surface area (Å²) >= 11 is 0. The van der Waals surface area contributed by atoms with E-state index in [0.29, 0.717) is 6.61 Å². The van der Waals surface area contributed by atoms with Gasteiger partial charge in [0.15, 0.2) is 11.6 Å². The van der Waals surface area contributed by atoms with Crippen LogP contribution in [0.25, 0.3) is 0 Å². The number of aryl methyl sites for hydroxylation is 1. The van der Waals surface area contributed by atoms with E-state index in [9.17, 15) is 4.39 Å². The summed E-state index contributed by atoms with van der Waals surface area (Å²) in [7, 11) is 0. The van der Waals surface area contributed by atoms with E-state index >= 15 is 0 Å². The van der Waals surface area contributed by atoms with Crippen LogP contribution in [0.1, 0.15) is 11.1 Å². The summed E-state index contributed by atoms with van der Waals surface area (Å²) in [5, 5.41) is 2.91. The normalized spacial score (nSPS) is 10.3. The lowest BCUT2D eigenvalue weighted by Gasteiger charge is -2.09. The lowest BCUT2D eigenvalue weighted by atomic mass is 10.2. The van der Waals surface area contributed by atoms with Crippen LogP contribution in [0, 0.1) is 12.7 Å². The number of rotatable bonds is 5. The van der Waals surface area contributed by atoms with Crippen LogP contribution in [0.2, 0.25) is 0 Å². The van der Waals surface area contributed by atoms with Crippen molar-refractivity contribution in [2.75, 3.05) is 5.32 Å². The number of para-hydroxylation sites is 1. The second-order valence-electron chi connectivity index (χ2n) is 5.11. The van der Waals surface area contributed by atoms with E-state index in [4.69, 9.17) is 4.74 Å². The zero-order valence-corrected chi connectivity index (χ0v) is 12.7. The van der Waals surface area contributed by atoms with E-state index in [-0.39, 0.29) is 11.8 Å². The van der Waals surface area contributed by atoms with Gasteiger partial charge in [-0.15, -0.1) is 0 Å². The predicted molar refractivity (Wildman–Crippen MR) is 87.2 cm³/mol. The van der Waals surface area contributed by atoms with Crippen LogP contribution >= 0.6 is 0 Å². The van der Waals surface area contributed by atoms with E-state index in [0.717, 1.165) is 17.4 Å². The molecule has 5 heteroatoms. The molecule has 2 aromatic carbocycles. The molecule has 0 spiro atoms. The highest BCUT2D eigenvalue weighted by atomic mass is 19.1. The molecule has 0 aliphatic heterocycles. The Kier molecular flexibility index (Phi) is 4.47.